The summed E-state index contributed by atoms with van der Waals surface area (Å²) in [6.07, 6.45) is 0.803. The Kier molecular flexibility index (Phi) is 5.12. The van der Waals surface area contributed by atoms with E-state index in [0.717, 1.165) is 6.41 Å². The number of amides is 3. The Morgan fingerprint density at radius 3 is 2.17 bits per heavy atom. The van der Waals surface area contributed by atoms with Crippen molar-refractivity contribution in [1.29, 1.82) is 0 Å². The summed E-state index contributed by atoms with van der Waals surface area (Å²) >= 11 is 0. The SMILES string of the molecule is CC(=O)N(CC(=O)N1CCN(C=O)CC1)C(C)C. The van der Waals surface area contributed by atoms with E-state index in [1.165, 1.54) is 6.92 Å². The summed E-state index contributed by atoms with van der Waals surface area (Å²) in [6.45, 7) is 7.58. The Morgan fingerprint density at radius 2 is 1.78 bits per heavy atom. The number of carbonyl (C=O) groups excluding carboxylic acids is 3. The van der Waals surface area contributed by atoms with Gasteiger partial charge in [0, 0.05) is 39.1 Å². The molecule has 0 aromatic carbocycles. The monoisotopic (exact) mass is 255 g/mol. The molecule has 6 heteroatoms. The minimum atomic E-state index is -0.0927. The first-order chi connectivity index (χ1) is 8.45. The summed E-state index contributed by atoms with van der Waals surface area (Å²) in [7, 11) is 0. The molecule has 1 fully saturated rings. The normalized spacial score (nSPS) is 15.8. The summed E-state index contributed by atoms with van der Waals surface area (Å²) in [5.74, 6) is -0.144. The largest absolute Gasteiger partial charge is 0.342 e. The minimum absolute atomic E-state index is 0.0164. The number of carbonyl (C=O) groups is 3. The van der Waals surface area contributed by atoms with Gasteiger partial charge in [0.2, 0.25) is 18.2 Å². The molecule has 0 radical (unpaired) electrons. The van der Waals surface area contributed by atoms with Gasteiger partial charge in [-0.1, -0.05) is 0 Å². The fraction of sp³-hybridized carbons (Fsp3) is 0.750. The molecule has 1 heterocycles. The molecule has 102 valence electrons. The third-order valence-electron chi connectivity index (χ3n) is 3.15. The van der Waals surface area contributed by atoms with Crippen molar-refractivity contribution in [3.63, 3.8) is 0 Å². The Balaban J connectivity index is 2.50. The molecule has 1 saturated heterocycles. The second kappa shape index (κ2) is 6.37. The van der Waals surface area contributed by atoms with Crippen LogP contribution < -0.4 is 0 Å². The number of piperazine rings is 1. The average Bonchev–Trinajstić information content (AvgIpc) is 2.35. The zero-order chi connectivity index (χ0) is 13.7. The fourth-order valence-electron chi connectivity index (χ4n) is 1.98. The van der Waals surface area contributed by atoms with Gasteiger partial charge in [0.05, 0.1) is 6.54 Å². The molecule has 1 rings (SSSR count). The molecule has 3 amide bonds. The Bertz CT molecular complexity index is 323. The Hall–Kier alpha value is -1.59. The third-order valence-corrected chi connectivity index (χ3v) is 3.15. The lowest BCUT2D eigenvalue weighted by Gasteiger charge is -2.34. The standard InChI is InChI=1S/C12H21N3O3/c1-10(2)15(11(3)17)8-12(18)14-6-4-13(9-16)5-7-14/h9-10H,4-8H2,1-3H3. The molecule has 0 atom stereocenters. The van der Waals surface area contributed by atoms with Gasteiger partial charge in [-0.05, 0) is 13.8 Å². The van der Waals surface area contributed by atoms with Crippen LogP contribution in [0.4, 0.5) is 0 Å². The van der Waals surface area contributed by atoms with Gasteiger partial charge in [0.15, 0.2) is 0 Å². The van der Waals surface area contributed by atoms with Gasteiger partial charge in [0.1, 0.15) is 0 Å². The molecule has 18 heavy (non-hydrogen) atoms. The fourth-order valence-corrected chi connectivity index (χ4v) is 1.98. The smallest absolute Gasteiger partial charge is 0.242 e. The van der Waals surface area contributed by atoms with Crippen LogP contribution in [0.25, 0.3) is 0 Å². The van der Waals surface area contributed by atoms with Crippen LogP contribution >= 0.6 is 0 Å². The highest BCUT2D eigenvalue weighted by Gasteiger charge is 2.23. The number of rotatable bonds is 4. The van der Waals surface area contributed by atoms with Crippen LogP contribution in [0, 0.1) is 0 Å². The number of hydrogen-bond acceptors (Lipinski definition) is 3. The summed E-state index contributed by atoms with van der Waals surface area (Å²) in [6, 6.07) is 0.0164. The van der Waals surface area contributed by atoms with Crippen LogP contribution in [0.3, 0.4) is 0 Å². The van der Waals surface area contributed by atoms with E-state index in [-0.39, 0.29) is 24.4 Å². The van der Waals surface area contributed by atoms with Crippen molar-refractivity contribution >= 4 is 18.2 Å². The van der Waals surface area contributed by atoms with Crippen LogP contribution in [0.2, 0.25) is 0 Å². The lowest BCUT2D eigenvalue weighted by atomic mass is 10.2. The van der Waals surface area contributed by atoms with E-state index in [1.54, 1.807) is 14.7 Å². The second-order valence-electron chi connectivity index (χ2n) is 4.76. The molecular weight excluding hydrogens is 234 g/mol. The van der Waals surface area contributed by atoms with E-state index in [1.807, 2.05) is 13.8 Å². The number of nitrogens with zero attached hydrogens (tertiary/aromatic N) is 3. The quantitative estimate of drug-likeness (QED) is 0.639. The Morgan fingerprint density at radius 1 is 1.22 bits per heavy atom. The summed E-state index contributed by atoms with van der Waals surface area (Å²) in [5.41, 5.74) is 0. The van der Waals surface area contributed by atoms with Crippen LogP contribution in [0.15, 0.2) is 0 Å². The van der Waals surface area contributed by atoms with E-state index in [0.29, 0.717) is 26.2 Å². The lowest BCUT2D eigenvalue weighted by Crippen LogP contribution is -2.52. The molecule has 1 aliphatic rings. The van der Waals surface area contributed by atoms with Crippen molar-refractivity contribution in [2.45, 2.75) is 26.8 Å². The van der Waals surface area contributed by atoms with Gasteiger partial charge >= 0.3 is 0 Å². The molecule has 0 aromatic rings. The first-order valence-corrected chi connectivity index (χ1v) is 6.20. The van der Waals surface area contributed by atoms with Crippen molar-refractivity contribution in [2.75, 3.05) is 32.7 Å². The second-order valence-corrected chi connectivity index (χ2v) is 4.76. The Labute approximate surface area is 108 Å². The maximum atomic E-state index is 12.0. The van der Waals surface area contributed by atoms with E-state index in [2.05, 4.69) is 0 Å². The third kappa shape index (κ3) is 3.72. The van der Waals surface area contributed by atoms with Crippen molar-refractivity contribution < 1.29 is 14.4 Å². The predicted molar refractivity (Wildman–Crippen MR) is 66.7 cm³/mol. The van der Waals surface area contributed by atoms with Crippen LogP contribution in [-0.2, 0) is 14.4 Å². The first kappa shape index (κ1) is 14.5. The molecule has 0 spiro atoms. The average molecular weight is 255 g/mol. The molecular formula is C12H21N3O3. The zero-order valence-corrected chi connectivity index (χ0v) is 11.3. The number of hydrogen-bond donors (Lipinski definition) is 0. The summed E-state index contributed by atoms with van der Waals surface area (Å²) in [5, 5.41) is 0. The first-order valence-electron chi connectivity index (χ1n) is 6.20. The van der Waals surface area contributed by atoms with Crippen LogP contribution in [0.5, 0.6) is 0 Å². The topological polar surface area (TPSA) is 60.9 Å². The van der Waals surface area contributed by atoms with Crippen molar-refractivity contribution in [2.24, 2.45) is 0 Å². The molecule has 0 saturated carbocycles. The molecule has 0 unspecified atom stereocenters. The maximum Gasteiger partial charge on any atom is 0.242 e. The zero-order valence-electron chi connectivity index (χ0n) is 11.3. The predicted octanol–water partition coefficient (Wildman–Crippen LogP) is -0.456. The van der Waals surface area contributed by atoms with Crippen LogP contribution in [-0.4, -0.2) is 71.7 Å². The summed E-state index contributed by atoms with van der Waals surface area (Å²) < 4.78 is 0. The summed E-state index contributed by atoms with van der Waals surface area (Å²) in [4.78, 5) is 38.9. The van der Waals surface area contributed by atoms with E-state index < -0.39 is 0 Å². The van der Waals surface area contributed by atoms with Gasteiger partial charge in [-0.15, -0.1) is 0 Å². The minimum Gasteiger partial charge on any atom is -0.342 e. The van der Waals surface area contributed by atoms with Gasteiger partial charge in [-0.2, -0.15) is 0 Å². The van der Waals surface area contributed by atoms with Crippen molar-refractivity contribution in [3.05, 3.63) is 0 Å². The van der Waals surface area contributed by atoms with Gasteiger partial charge in [0.25, 0.3) is 0 Å². The van der Waals surface area contributed by atoms with E-state index >= 15 is 0 Å². The van der Waals surface area contributed by atoms with E-state index in [9.17, 15) is 14.4 Å². The highest BCUT2D eigenvalue weighted by atomic mass is 16.2. The molecule has 0 aliphatic carbocycles. The van der Waals surface area contributed by atoms with Crippen molar-refractivity contribution in [3.8, 4) is 0 Å². The van der Waals surface area contributed by atoms with Crippen molar-refractivity contribution in [1.82, 2.24) is 14.7 Å². The van der Waals surface area contributed by atoms with E-state index in [4.69, 9.17) is 0 Å². The lowest BCUT2D eigenvalue weighted by molar-refractivity contribution is -0.142. The molecule has 0 bridgehead atoms. The highest BCUT2D eigenvalue weighted by molar-refractivity contribution is 5.84. The van der Waals surface area contributed by atoms with Gasteiger partial charge in [-0.3, -0.25) is 14.4 Å². The molecule has 1 aliphatic heterocycles. The highest BCUT2D eigenvalue weighted by Crippen LogP contribution is 2.04. The van der Waals surface area contributed by atoms with Crippen LogP contribution in [0.1, 0.15) is 20.8 Å². The molecule has 6 nitrogen and oxygen atoms in total. The van der Waals surface area contributed by atoms with Gasteiger partial charge < -0.3 is 14.7 Å². The van der Waals surface area contributed by atoms with Gasteiger partial charge in [-0.25, -0.2) is 0 Å². The molecule has 0 aromatic heterocycles. The maximum absolute atomic E-state index is 12.0. The molecule has 0 N–H and O–H groups in total.